The van der Waals surface area contributed by atoms with Gasteiger partial charge in [0.25, 0.3) is 0 Å². The van der Waals surface area contributed by atoms with Crippen LogP contribution in [-0.2, 0) is 11.3 Å². The lowest BCUT2D eigenvalue weighted by atomic mass is 9.82. The van der Waals surface area contributed by atoms with Crippen LogP contribution in [0.4, 0.5) is 0 Å². The van der Waals surface area contributed by atoms with E-state index in [1.54, 1.807) is 11.3 Å². The van der Waals surface area contributed by atoms with Gasteiger partial charge in [0.15, 0.2) is 0 Å². The van der Waals surface area contributed by atoms with Crippen molar-refractivity contribution in [2.75, 3.05) is 13.1 Å². The van der Waals surface area contributed by atoms with Crippen LogP contribution >= 0.6 is 11.3 Å². The van der Waals surface area contributed by atoms with Crippen LogP contribution < -0.4 is 5.32 Å². The highest BCUT2D eigenvalue weighted by Gasteiger charge is 2.30. The van der Waals surface area contributed by atoms with Crippen molar-refractivity contribution in [2.45, 2.75) is 50.8 Å². The van der Waals surface area contributed by atoms with Gasteiger partial charge in [-0.2, -0.15) is 0 Å². The average molecular weight is 309 g/mol. The normalized spacial score (nSPS) is 27.3. The lowest BCUT2D eigenvalue weighted by Gasteiger charge is -2.36. The maximum atomic E-state index is 12.0. The second-order valence-corrected chi connectivity index (χ2v) is 6.96. The molecule has 1 aliphatic heterocycles. The Morgan fingerprint density at radius 2 is 2.33 bits per heavy atom. The number of likely N-dealkylation sites (tertiary alicyclic amines) is 1. The van der Waals surface area contributed by atoms with E-state index in [2.05, 4.69) is 15.2 Å². The molecule has 0 radical (unpaired) electrons. The fourth-order valence-electron chi connectivity index (χ4n) is 3.08. The van der Waals surface area contributed by atoms with Crippen molar-refractivity contribution in [2.24, 2.45) is 5.92 Å². The zero-order chi connectivity index (χ0) is 14.7. The van der Waals surface area contributed by atoms with Crippen molar-refractivity contribution in [1.82, 2.24) is 15.2 Å². The highest BCUT2D eigenvalue weighted by molar-refractivity contribution is 7.07. The lowest BCUT2D eigenvalue weighted by molar-refractivity contribution is -0.124. The second-order valence-electron chi connectivity index (χ2n) is 6.25. The summed E-state index contributed by atoms with van der Waals surface area (Å²) in [5.41, 5.74) is 2.89. The fraction of sp³-hybridized carbons (Fsp3) is 0.733. The van der Waals surface area contributed by atoms with Crippen LogP contribution in [0.15, 0.2) is 10.9 Å². The molecule has 2 heterocycles. The Labute approximate surface area is 129 Å². The monoisotopic (exact) mass is 309 g/mol. The SMILES string of the molecule is O=C(CC1CCC1)N[C@@H]1CCN(Cc2cscn2)C[C@H]1O. The molecule has 6 heteroatoms. The number of amides is 1. The number of β-amino-alcohol motifs (C(OH)–C–C–N with tert-alkyl or cyclic N) is 1. The largest absolute Gasteiger partial charge is 0.390 e. The molecule has 2 N–H and O–H groups in total. The molecule has 116 valence electrons. The molecular weight excluding hydrogens is 286 g/mol. The molecule has 2 atom stereocenters. The standard InChI is InChI=1S/C15H23N3O2S/c19-14-8-18(7-12-9-21-10-16-12)5-4-13(14)17-15(20)6-11-2-1-3-11/h9-11,13-14,19H,1-8H2,(H,17,20)/t13-,14-/m1/s1. The minimum Gasteiger partial charge on any atom is -0.390 e. The molecule has 0 bridgehead atoms. The van der Waals surface area contributed by atoms with Gasteiger partial charge in [0, 0.05) is 31.4 Å². The topological polar surface area (TPSA) is 65.5 Å². The molecule has 1 aliphatic carbocycles. The summed E-state index contributed by atoms with van der Waals surface area (Å²) in [7, 11) is 0. The van der Waals surface area contributed by atoms with Gasteiger partial charge >= 0.3 is 0 Å². The van der Waals surface area contributed by atoms with E-state index in [1.165, 1.54) is 19.3 Å². The molecule has 5 nitrogen and oxygen atoms in total. The molecule has 1 aromatic heterocycles. The highest BCUT2D eigenvalue weighted by atomic mass is 32.1. The van der Waals surface area contributed by atoms with Crippen LogP contribution in [0.3, 0.4) is 0 Å². The van der Waals surface area contributed by atoms with Crippen LogP contribution in [0.2, 0.25) is 0 Å². The van der Waals surface area contributed by atoms with Crippen LogP contribution in [0.5, 0.6) is 0 Å². The van der Waals surface area contributed by atoms with Gasteiger partial charge in [0.05, 0.1) is 23.4 Å². The summed E-state index contributed by atoms with van der Waals surface area (Å²) in [6.07, 6.45) is 4.58. The second kappa shape index (κ2) is 6.85. The summed E-state index contributed by atoms with van der Waals surface area (Å²) < 4.78 is 0. The molecule has 1 aromatic rings. The smallest absolute Gasteiger partial charge is 0.220 e. The number of aliphatic hydroxyl groups excluding tert-OH is 1. The Hall–Kier alpha value is -0.980. The van der Waals surface area contributed by atoms with Crippen molar-refractivity contribution < 1.29 is 9.90 Å². The van der Waals surface area contributed by atoms with Crippen molar-refractivity contribution in [1.29, 1.82) is 0 Å². The molecular formula is C15H23N3O2S. The number of aromatic nitrogens is 1. The summed E-state index contributed by atoms with van der Waals surface area (Å²) in [6.45, 7) is 2.28. The van der Waals surface area contributed by atoms with Gasteiger partial charge in [-0.25, -0.2) is 4.98 Å². The summed E-state index contributed by atoms with van der Waals surface area (Å²) in [5.74, 6) is 0.684. The average Bonchev–Trinajstić information content (AvgIpc) is 2.90. The molecule has 3 rings (SSSR count). The molecule has 0 aromatic carbocycles. The number of hydrogen-bond donors (Lipinski definition) is 2. The minimum absolute atomic E-state index is 0.0933. The van der Waals surface area contributed by atoms with Gasteiger partial charge in [-0.15, -0.1) is 11.3 Å². The van der Waals surface area contributed by atoms with Crippen LogP contribution in [-0.4, -0.2) is 46.1 Å². The van der Waals surface area contributed by atoms with E-state index in [-0.39, 0.29) is 11.9 Å². The predicted octanol–water partition coefficient (Wildman–Crippen LogP) is 1.38. The van der Waals surface area contributed by atoms with E-state index in [0.717, 1.165) is 25.2 Å². The van der Waals surface area contributed by atoms with Crippen LogP contribution in [0, 0.1) is 5.92 Å². The Morgan fingerprint density at radius 3 is 2.95 bits per heavy atom. The molecule has 1 amide bonds. The summed E-state index contributed by atoms with van der Waals surface area (Å²) >= 11 is 1.59. The summed E-state index contributed by atoms with van der Waals surface area (Å²) in [4.78, 5) is 18.4. The number of carbonyl (C=O) groups is 1. The van der Waals surface area contributed by atoms with Crippen LogP contribution in [0.1, 0.15) is 37.8 Å². The third-order valence-corrected chi connectivity index (χ3v) is 5.22. The minimum atomic E-state index is -0.484. The van der Waals surface area contributed by atoms with Gasteiger partial charge in [0.2, 0.25) is 5.91 Å². The first kappa shape index (κ1) is 14.9. The Kier molecular flexibility index (Phi) is 4.87. The maximum absolute atomic E-state index is 12.0. The van der Waals surface area contributed by atoms with E-state index in [1.807, 2.05) is 10.9 Å². The fourth-order valence-corrected chi connectivity index (χ4v) is 3.63. The summed E-state index contributed by atoms with van der Waals surface area (Å²) in [5, 5.41) is 15.3. The Balaban J connectivity index is 1.43. The van der Waals surface area contributed by atoms with E-state index >= 15 is 0 Å². The zero-order valence-corrected chi connectivity index (χ0v) is 13.0. The number of hydrogen-bond acceptors (Lipinski definition) is 5. The number of thiazole rings is 1. The van der Waals surface area contributed by atoms with E-state index in [9.17, 15) is 9.90 Å². The highest BCUT2D eigenvalue weighted by Crippen LogP contribution is 2.29. The Morgan fingerprint density at radius 1 is 1.48 bits per heavy atom. The quantitative estimate of drug-likeness (QED) is 0.862. The van der Waals surface area contributed by atoms with E-state index in [4.69, 9.17) is 0 Å². The van der Waals surface area contributed by atoms with Gasteiger partial charge in [-0.05, 0) is 25.2 Å². The van der Waals surface area contributed by atoms with Crippen molar-refractivity contribution in [3.05, 3.63) is 16.6 Å². The molecule has 0 spiro atoms. The first-order valence-electron chi connectivity index (χ1n) is 7.77. The molecule has 21 heavy (non-hydrogen) atoms. The van der Waals surface area contributed by atoms with Gasteiger partial charge in [0.1, 0.15) is 0 Å². The maximum Gasteiger partial charge on any atom is 0.220 e. The third-order valence-electron chi connectivity index (χ3n) is 4.58. The lowest BCUT2D eigenvalue weighted by Crippen LogP contribution is -2.54. The first-order chi connectivity index (χ1) is 10.2. The molecule has 0 unspecified atom stereocenters. The first-order valence-corrected chi connectivity index (χ1v) is 8.72. The number of carbonyl (C=O) groups excluding carboxylic acids is 1. The van der Waals surface area contributed by atoms with Gasteiger partial charge in [-0.1, -0.05) is 6.42 Å². The molecule has 2 fully saturated rings. The number of nitrogens with zero attached hydrogens (tertiary/aromatic N) is 2. The third kappa shape index (κ3) is 4.02. The molecule has 2 aliphatic rings. The number of rotatable bonds is 5. The van der Waals surface area contributed by atoms with E-state index in [0.29, 0.717) is 18.9 Å². The predicted molar refractivity (Wildman–Crippen MR) is 81.9 cm³/mol. The van der Waals surface area contributed by atoms with Gasteiger partial charge in [-0.3, -0.25) is 9.69 Å². The zero-order valence-electron chi connectivity index (χ0n) is 12.2. The molecule has 1 saturated carbocycles. The Bertz CT molecular complexity index is 461. The van der Waals surface area contributed by atoms with Crippen molar-refractivity contribution in [3.8, 4) is 0 Å². The number of aliphatic hydroxyl groups is 1. The van der Waals surface area contributed by atoms with Gasteiger partial charge < -0.3 is 10.4 Å². The van der Waals surface area contributed by atoms with Crippen LogP contribution in [0.25, 0.3) is 0 Å². The van der Waals surface area contributed by atoms with E-state index < -0.39 is 6.10 Å². The number of piperidine rings is 1. The number of nitrogens with one attached hydrogen (secondary N) is 1. The molecule has 1 saturated heterocycles. The van der Waals surface area contributed by atoms with Crippen molar-refractivity contribution in [3.63, 3.8) is 0 Å². The summed E-state index contributed by atoms with van der Waals surface area (Å²) in [6, 6.07) is -0.0933. The van der Waals surface area contributed by atoms with Crippen molar-refractivity contribution >= 4 is 17.2 Å².